The van der Waals surface area contributed by atoms with Gasteiger partial charge in [-0.25, -0.2) is 0 Å². The van der Waals surface area contributed by atoms with Gasteiger partial charge in [-0.3, -0.25) is 14.5 Å². The quantitative estimate of drug-likeness (QED) is 0.335. The third-order valence-corrected chi connectivity index (χ3v) is 3.41. The Morgan fingerprint density at radius 3 is 2.29 bits per heavy atom. The molecule has 0 atom stereocenters. The molecule has 0 aliphatic carbocycles. The lowest BCUT2D eigenvalue weighted by molar-refractivity contribution is 0.0642. The number of imide groups is 1. The van der Waals surface area contributed by atoms with Gasteiger partial charge >= 0.3 is 0 Å². The second kappa shape index (κ2) is 4.52. The fourth-order valence-corrected chi connectivity index (χ4v) is 2.39. The second-order valence-corrected chi connectivity index (χ2v) is 4.77. The van der Waals surface area contributed by atoms with Gasteiger partial charge in [0.1, 0.15) is 5.56 Å². The van der Waals surface area contributed by atoms with E-state index < -0.39 is 23.3 Å². The van der Waals surface area contributed by atoms with Gasteiger partial charge in [0.2, 0.25) is 0 Å². The molecular weight excluding hydrogens is 272 g/mol. The lowest BCUT2D eigenvalue weighted by atomic mass is 10.1. The molecule has 0 saturated carbocycles. The highest BCUT2D eigenvalue weighted by atomic mass is 16.3. The first-order valence-corrected chi connectivity index (χ1v) is 6.25. The number of aromatic hydroxyl groups is 2. The Balaban J connectivity index is 2.05. The summed E-state index contributed by atoms with van der Waals surface area (Å²) in [6.45, 7) is 0.0762. The summed E-state index contributed by atoms with van der Waals surface area (Å²) in [5, 5.41) is 19.3. The maximum Gasteiger partial charge on any atom is 0.265 e. The van der Waals surface area contributed by atoms with Gasteiger partial charge in [-0.15, -0.1) is 0 Å². The number of anilines is 1. The lowest BCUT2D eigenvalue weighted by Crippen LogP contribution is -2.29. The standard InChI is InChI=1S/C15H12N2O4/c16-9-6-10(18)13(19)12-11(9)14(20)17(15(12)21)7-8-4-2-1-3-5-8/h1-6,18-19H,7,16H2. The second-order valence-electron chi connectivity index (χ2n) is 4.77. The number of carbonyl (C=O) groups is 2. The van der Waals surface area contributed by atoms with Gasteiger partial charge in [-0.05, 0) is 5.56 Å². The molecule has 2 aromatic carbocycles. The van der Waals surface area contributed by atoms with Crippen LogP contribution in [0.15, 0.2) is 36.4 Å². The molecule has 3 rings (SSSR count). The Kier molecular flexibility index (Phi) is 2.79. The lowest BCUT2D eigenvalue weighted by Gasteiger charge is -2.13. The molecule has 0 unspecified atom stereocenters. The molecule has 0 bridgehead atoms. The molecule has 0 spiro atoms. The number of amides is 2. The molecule has 6 heteroatoms. The highest BCUT2D eigenvalue weighted by Crippen LogP contribution is 2.40. The normalized spacial score (nSPS) is 13.6. The molecule has 6 nitrogen and oxygen atoms in total. The van der Waals surface area contributed by atoms with E-state index in [0.717, 1.165) is 16.5 Å². The maximum atomic E-state index is 12.3. The number of nitrogen functional groups attached to an aromatic ring is 1. The summed E-state index contributed by atoms with van der Waals surface area (Å²) in [5.41, 5.74) is 6.11. The van der Waals surface area contributed by atoms with E-state index in [9.17, 15) is 19.8 Å². The third kappa shape index (κ3) is 1.88. The van der Waals surface area contributed by atoms with Crippen LogP contribution in [0.1, 0.15) is 26.3 Å². The SMILES string of the molecule is Nc1cc(O)c(O)c2c1C(=O)N(Cc1ccccc1)C2=O. The van der Waals surface area contributed by atoms with E-state index in [1.165, 1.54) is 0 Å². The number of phenolic OH excluding ortho intramolecular Hbond substituents is 2. The molecule has 4 N–H and O–H groups in total. The number of benzene rings is 2. The predicted molar refractivity (Wildman–Crippen MR) is 74.8 cm³/mol. The van der Waals surface area contributed by atoms with Crippen LogP contribution < -0.4 is 5.73 Å². The monoisotopic (exact) mass is 284 g/mol. The van der Waals surface area contributed by atoms with Crippen molar-refractivity contribution in [1.82, 2.24) is 4.90 Å². The van der Waals surface area contributed by atoms with Gasteiger partial charge in [0, 0.05) is 11.8 Å². The largest absolute Gasteiger partial charge is 0.504 e. The smallest absolute Gasteiger partial charge is 0.265 e. The van der Waals surface area contributed by atoms with Gasteiger partial charge in [-0.1, -0.05) is 30.3 Å². The van der Waals surface area contributed by atoms with Crippen LogP contribution in [-0.2, 0) is 6.54 Å². The van der Waals surface area contributed by atoms with Crippen molar-refractivity contribution in [2.75, 3.05) is 5.73 Å². The van der Waals surface area contributed by atoms with Crippen molar-refractivity contribution in [1.29, 1.82) is 0 Å². The Morgan fingerprint density at radius 2 is 1.62 bits per heavy atom. The number of nitrogens with two attached hydrogens (primary N) is 1. The average molecular weight is 284 g/mol. The zero-order chi connectivity index (χ0) is 15.1. The number of fused-ring (bicyclic) bond motifs is 1. The molecule has 1 aliphatic rings. The summed E-state index contributed by atoms with van der Waals surface area (Å²) < 4.78 is 0. The van der Waals surface area contributed by atoms with E-state index in [0.29, 0.717) is 0 Å². The van der Waals surface area contributed by atoms with E-state index in [4.69, 9.17) is 5.73 Å². The summed E-state index contributed by atoms with van der Waals surface area (Å²) in [4.78, 5) is 25.6. The number of nitrogens with zero attached hydrogens (tertiary/aromatic N) is 1. The van der Waals surface area contributed by atoms with E-state index >= 15 is 0 Å². The molecule has 21 heavy (non-hydrogen) atoms. The van der Waals surface area contributed by atoms with Crippen molar-refractivity contribution < 1.29 is 19.8 Å². The molecule has 2 aromatic rings. The Hall–Kier alpha value is -3.02. The van der Waals surface area contributed by atoms with Crippen LogP contribution in [0.25, 0.3) is 0 Å². The van der Waals surface area contributed by atoms with Gasteiger partial charge in [0.05, 0.1) is 12.1 Å². The number of carbonyl (C=O) groups excluding carboxylic acids is 2. The molecule has 0 radical (unpaired) electrons. The topological polar surface area (TPSA) is 104 Å². The van der Waals surface area contributed by atoms with Crippen LogP contribution in [0.3, 0.4) is 0 Å². The predicted octanol–water partition coefficient (Wildman–Crippen LogP) is 1.48. The first-order chi connectivity index (χ1) is 10.0. The summed E-state index contributed by atoms with van der Waals surface area (Å²) in [6.07, 6.45) is 0. The van der Waals surface area contributed by atoms with E-state index in [1.807, 2.05) is 6.07 Å². The van der Waals surface area contributed by atoms with Crippen molar-refractivity contribution in [2.45, 2.75) is 6.54 Å². The number of hydrogen-bond acceptors (Lipinski definition) is 5. The van der Waals surface area contributed by atoms with Gasteiger partial charge in [0.25, 0.3) is 11.8 Å². The fraction of sp³-hybridized carbons (Fsp3) is 0.0667. The van der Waals surface area contributed by atoms with Crippen molar-refractivity contribution in [3.8, 4) is 11.5 Å². The van der Waals surface area contributed by atoms with Crippen LogP contribution in [0, 0.1) is 0 Å². The number of phenols is 2. The van der Waals surface area contributed by atoms with E-state index in [-0.39, 0.29) is 23.4 Å². The molecule has 0 aromatic heterocycles. The van der Waals surface area contributed by atoms with Crippen LogP contribution in [0.5, 0.6) is 11.5 Å². The summed E-state index contributed by atoms with van der Waals surface area (Å²) in [7, 11) is 0. The summed E-state index contributed by atoms with van der Waals surface area (Å²) in [6, 6.07) is 10.0. The molecule has 0 saturated heterocycles. The average Bonchev–Trinajstić information content (AvgIpc) is 2.71. The Morgan fingerprint density at radius 1 is 1.00 bits per heavy atom. The molecule has 2 amide bonds. The molecule has 0 fully saturated rings. The van der Waals surface area contributed by atoms with Crippen LogP contribution in [-0.4, -0.2) is 26.9 Å². The van der Waals surface area contributed by atoms with Crippen molar-refractivity contribution in [3.63, 3.8) is 0 Å². The van der Waals surface area contributed by atoms with E-state index in [2.05, 4.69) is 0 Å². The first-order valence-electron chi connectivity index (χ1n) is 6.25. The zero-order valence-corrected chi connectivity index (χ0v) is 10.9. The third-order valence-electron chi connectivity index (χ3n) is 3.41. The minimum Gasteiger partial charge on any atom is -0.504 e. The van der Waals surface area contributed by atoms with E-state index in [1.54, 1.807) is 24.3 Å². The van der Waals surface area contributed by atoms with Crippen LogP contribution in [0.4, 0.5) is 5.69 Å². The maximum absolute atomic E-state index is 12.3. The molecule has 106 valence electrons. The van der Waals surface area contributed by atoms with Gasteiger partial charge < -0.3 is 15.9 Å². The Bertz CT molecular complexity index is 756. The van der Waals surface area contributed by atoms with Gasteiger partial charge in [-0.2, -0.15) is 0 Å². The minimum atomic E-state index is -0.668. The Labute approximate surface area is 120 Å². The fourth-order valence-electron chi connectivity index (χ4n) is 2.39. The van der Waals surface area contributed by atoms with Crippen molar-refractivity contribution >= 4 is 17.5 Å². The van der Waals surface area contributed by atoms with Crippen LogP contribution in [0.2, 0.25) is 0 Å². The molecule has 1 aliphatic heterocycles. The number of rotatable bonds is 2. The molecular formula is C15H12N2O4. The highest BCUT2D eigenvalue weighted by Gasteiger charge is 2.40. The van der Waals surface area contributed by atoms with Crippen LogP contribution >= 0.6 is 0 Å². The summed E-state index contributed by atoms with van der Waals surface area (Å²) >= 11 is 0. The summed E-state index contributed by atoms with van der Waals surface area (Å²) in [5.74, 6) is -2.38. The number of hydrogen-bond donors (Lipinski definition) is 3. The zero-order valence-electron chi connectivity index (χ0n) is 10.9. The first kappa shape index (κ1) is 13.0. The van der Waals surface area contributed by atoms with Crippen molar-refractivity contribution in [2.24, 2.45) is 0 Å². The molecule has 1 heterocycles. The van der Waals surface area contributed by atoms with Gasteiger partial charge in [0.15, 0.2) is 11.5 Å². The highest BCUT2D eigenvalue weighted by molar-refractivity contribution is 6.25. The van der Waals surface area contributed by atoms with Crippen molar-refractivity contribution in [3.05, 3.63) is 53.1 Å². The minimum absolute atomic E-state index is 0.0331.